The van der Waals surface area contributed by atoms with Crippen LogP contribution in [0.1, 0.15) is 81.5 Å². The van der Waals surface area contributed by atoms with E-state index in [9.17, 15) is 9.59 Å². The van der Waals surface area contributed by atoms with Crippen LogP contribution >= 0.6 is 0 Å². The van der Waals surface area contributed by atoms with Crippen molar-refractivity contribution in [3.63, 3.8) is 0 Å². The first-order chi connectivity index (χ1) is 15.0. The Bertz CT molecular complexity index is 915. The zero-order valence-electron chi connectivity index (χ0n) is 18.8. The molecule has 1 amide bonds. The van der Waals surface area contributed by atoms with Crippen LogP contribution in [0.2, 0.25) is 0 Å². The summed E-state index contributed by atoms with van der Waals surface area (Å²) in [6.45, 7) is 5.36. The highest BCUT2D eigenvalue weighted by atomic mass is 16.2. The summed E-state index contributed by atoms with van der Waals surface area (Å²) >= 11 is 0. The standard InChI is InChI=1S/C25H34N4O2/c1-19-26-23(27-29(19)18-9-13-20-11-5-3-6-12-20)21-14-10-17-28(21)24(31)22(30)25(2)15-7-4-8-16-25/h3,5-6,11-12,21H,4,7-10,13-18H2,1-2H3. The largest absolute Gasteiger partial charge is 0.326 e. The van der Waals surface area contributed by atoms with E-state index in [4.69, 9.17) is 5.10 Å². The average molecular weight is 423 g/mol. The molecule has 1 aliphatic heterocycles. The Morgan fingerprint density at radius 1 is 1.10 bits per heavy atom. The van der Waals surface area contributed by atoms with Crippen LogP contribution < -0.4 is 0 Å². The molecule has 2 heterocycles. The number of nitrogens with zero attached hydrogens (tertiary/aromatic N) is 4. The molecular weight excluding hydrogens is 388 g/mol. The van der Waals surface area contributed by atoms with Gasteiger partial charge in [-0.3, -0.25) is 14.3 Å². The van der Waals surface area contributed by atoms with Crippen molar-refractivity contribution < 1.29 is 9.59 Å². The Balaban J connectivity index is 1.42. The summed E-state index contributed by atoms with van der Waals surface area (Å²) < 4.78 is 1.95. The van der Waals surface area contributed by atoms with E-state index in [0.717, 1.165) is 70.2 Å². The van der Waals surface area contributed by atoms with E-state index < -0.39 is 5.41 Å². The van der Waals surface area contributed by atoms with Crippen LogP contribution in [0, 0.1) is 12.3 Å². The van der Waals surface area contributed by atoms with Crippen molar-refractivity contribution in [2.45, 2.75) is 84.2 Å². The maximum Gasteiger partial charge on any atom is 0.291 e. The smallest absolute Gasteiger partial charge is 0.291 e. The predicted molar refractivity (Wildman–Crippen MR) is 119 cm³/mol. The summed E-state index contributed by atoms with van der Waals surface area (Å²) in [5.41, 5.74) is 0.825. The van der Waals surface area contributed by atoms with Crippen LogP contribution in [-0.2, 0) is 22.6 Å². The van der Waals surface area contributed by atoms with Crippen LogP contribution in [0.4, 0.5) is 0 Å². The van der Waals surface area contributed by atoms with Crippen LogP contribution in [0.15, 0.2) is 30.3 Å². The first kappa shape index (κ1) is 21.7. The molecule has 4 rings (SSSR count). The molecular formula is C25H34N4O2. The summed E-state index contributed by atoms with van der Waals surface area (Å²) in [5.74, 6) is 1.01. The zero-order chi connectivity index (χ0) is 21.8. The third kappa shape index (κ3) is 4.73. The van der Waals surface area contributed by atoms with Gasteiger partial charge in [-0.2, -0.15) is 5.10 Å². The molecule has 166 valence electrons. The van der Waals surface area contributed by atoms with E-state index in [1.54, 1.807) is 4.90 Å². The molecule has 1 aliphatic carbocycles. The second kappa shape index (κ2) is 9.33. The first-order valence-electron chi connectivity index (χ1n) is 11.8. The number of likely N-dealkylation sites (tertiary alicyclic amines) is 1. The van der Waals surface area contributed by atoms with Crippen molar-refractivity contribution in [1.29, 1.82) is 0 Å². The number of Topliss-reactive ketones (excluding diaryl/α,β-unsaturated/α-hetero) is 1. The molecule has 1 atom stereocenters. The van der Waals surface area contributed by atoms with Gasteiger partial charge in [-0.1, -0.05) is 56.5 Å². The second-order valence-electron chi connectivity index (χ2n) is 9.44. The van der Waals surface area contributed by atoms with E-state index in [0.29, 0.717) is 12.4 Å². The zero-order valence-corrected chi connectivity index (χ0v) is 18.8. The number of rotatable bonds is 7. The van der Waals surface area contributed by atoms with E-state index in [1.165, 1.54) is 5.56 Å². The van der Waals surface area contributed by atoms with Gasteiger partial charge in [-0.25, -0.2) is 4.98 Å². The molecule has 1 unspecified atom stereocenters. The van der Waals surface area contributed by atoms with Gasteiger partial charge in [0.2, 0.25) is 5.78 Å². The van der Waals surface area contributed by atoms with Crippen LogP contribution in [0.5, 0.6) is 0 Å². The van der Waals surface area contributed by atoms with Gasteiger partial charge in [-0.05, 0) is 51.0 Å². The van der Waals surface area contributed by atoms with Crippen LogP contribution in [-0.4, -0.2) is 37.9 Å². The highest BCUT2D eigenvalue weighted by molar-refractivity contribution is 6.38. The van der Waals surface area contributed by atoms with Crippen molar-refractivity contribution in [2.75, 3.05) is 6.54 Å². The van der Waals surface area contributed by atoms with E-state index in [1.807, 2.05) is 24.6 Å². The molecule has 31 heavy (non-hydrogen) atoms. The maximum atomic E-state index is 13.2. The lowest BCUT2D eigenvalue weighted by Gasteiger charge is -2.33. The van der Waals surface area contributed by atoms with Gasteiger partial charge >= 0.3 is 0 Å². The molecule has 1 saturated carbocycles. The third-order valence-corrected chi connectivity index (χ3v) is 7.06. The number of carbonyl (C=O) groups excluding carboxylic acids is 2. The number of aryl methyl sites for hydroxylation is 3. The number of carbonyl (C=O) groups is 2. The fourth-order valence-electron chi connectivity index (χ4n) is 5.10. The van der Waals surface area contributed by atoms with Crippen molar-refractivity contribution in [2.24, 2.45) is 5.41 Å². The van der Waals surface area contributed by atoms with Gasteiger partial charge in [0.25, 0.3) is 5.91 Å². The topological polar surface area (TPSA) is 68.1 Å². The highest BCUT2D eigenvalue weighted by Gasteiger charge is 2.43. The number of ketones is 1. The Labute approximate surface area is 185 Å². The second-order valence-corrected chi connectivity index (χ2v) is 9.44. The first-order valence-corrected chi connectivity index (χ1v) is 11.8. The van der Waals surface area contributed by atoms with Crippen LogP contribution in [0.25, 0.3) is 0 Å². The lowest BCUT2D eigenvalue weighted by atomic mass is 9.72. The van der Waals surface area contributed by atoms with Gasteiger partial charge < -0.3 is 4.90 Å². The summed E-state index contributed by atoms with van der Waals surface area (Å²) in [5, 5.41) is 4.75. The monoisotopic (exact) mass is 422 g/mol. The summed E-state index contributed by atoms with van der Waals surface area (Å²) in [7, 11) is 0. The summed E-state index contributed by atoms with van der Waals surface area (Å²) in [6.07, 6.45) is 8.57. The quantitative estimate of drug-likeness (QED) is 0.619. The molecule has 0 bridgehead atoms. The Hall–Kier alpha value is -2.50. The minimum absolute atomic E-state index is 0.183. The van der Waals surface area contributed by atoms with Crippen LogP contribution in [0.3, 0.4) is 0 Å². The Morgan fingerprint density at radius 3 is 2.58 bits per heavy atom. The predicted octanol–water partition coefficient (Wildman–Crippen LogP) is 4.42. The molecule has 2 aromatic rings. The number of amides is 1. The summed E-state index contributed by atoms with van der Waals surface area (Å²) in [6, 6.07) is 10.3. The van der Waals surface area contributed by atoms with Gasteiger partial charge in [0.1, 0.15) is 5.82 Å². The lowest BCUT2D eigenvalue weighted by Crippen LogP contribution is -2.44. The fourth-order valence-corrected chi connectivity index (χ4v) is 5.10. The highest BCUT2D eigenvalue weighted by Crippen LogP contribution is 2.39. The molecule has 1 aromatic heterocycles. The SMILES string of the molecule is Cc1nc(C2CCCN2C(=O)C(=O)C2(C)CCCCC2)nn1CCCc1ccccc1. The molecule has 0 spiro atoms. The molecule has 2 aliphatic rings. The van der Waals surface area contributed by atoms with E-state index in [2.05, 4.69) is 29.2 Å². The average Bonchev–Trinajstić information content (AvgIpc) is 3.41. The lowest BCUT2D eigenvalue weighted by molar-refractivity contribution is -0.151. The van der Waals surface area contributed by atoms with E-state index >= 15 is 0 Å². The fraction of sp³-hybridized carbons (Fsp3) is 0.600. The Morgan fingerprint density at radius 2 is 1.84 bits per heavy atom. The minimum Gasteiger partial charge on any atom is -0.326 e. The Kier molecular flexibility index (Phi) is 6.54. The van der Waals surface area contributed by atoms with Gasteiger partial charge in [-0.15, -0.1) is 0 Å². The third-order valence-electron chi connectivity index (χ3n) is 7.06. The normalized spacial score (nSPS) is 20.7. The molecule has 0 N–H and O–H groups in total. The number of hydrogen-bond donors (Lipinski definition) is 0. The van der Waals surface area contributed by atoms with Crippen molar-refractivity contribution in [3.05, 3.63) is 47.5 Å². The number of hydrogen-bond acceptors (Lipinski definition) is 4. The van der Waals surface area contributed by atoms with Gasteiger partial charge in [0.05, 0.1) is 6.04 Å². The van der Waals surface area contributed by atoms with Crippen molar-refractivity contribution in [3.8, 4) is 0 Å². The molecule has 2 fully saturated rings. The summed E-state index contributed by atoms with van der Waals surface area (Å²) in [4.78, 5) is 32.7. The molecule has 0 radical (unpaired) electrons. The minimum atomic E-state index is -0.497. The van der Waals surface area contributed by atoms with E-state index in [-0.39, 0.29) is 17.7 Å². The molecule has 1 aromatic carbocycles. The molecule has 6 heteroatoms. The molecule has 6 nitrogen and oxygen atoms in total. The maximum absolute atomic E-state index is 13.2. The van der Waals surface area contributed by atoms with Gasteiger partial charge in [0.15, 0.2) is 5.82 Å². The van der Waals surface area contributed by atoms with Crippen molar-refractivity contribution in [1.82, 2.24) is 19.7 Å². The number of aromatic nitrogens is 3. The van der Waals surface area contributed by atoms with Gasteiger partial charge in [0, 0.05) is 18.5 Å². The number of benzene rings is 1. The molecule has 1 saturated heterocycles. The van der Waals surface area contributed by atoms with Crippen molar-refractivity contribution >= 4 is 11.7 Å².